The summed E-state index contributed by atoms with van der Waals surface area (Å²) in [6.45, 7) is 11.2. The van der Waals surface area contributed by atoms with Crippen LogP contribution < -0.4 is 5.46 Å². The van der Waals surface area contributed by atoms with Gasteiger partial charge in [-0.15, -0.1) is 0 Å². The fourth-order valence-electron chi connectivity index (χ4n) is 0.951. The van der Waals surface area contributed by atoms with Gasteiger partial charge in [0, 0.05) is 0 Å². The Morgan fingerprint density at radius 2 is 1.33 bits per heavy atom. The van der Waals surface area contributed by atoms with Gasteiger partial charge in [-0.25, -0.2) is 0 Å². The van der Waals surface area contributed by atoms with Gasteiger partial charge in [-0.2, -0.15) is 0 Å². The van der Waals surface area contributed by atoms with E-state index in [4.69, 9.17) is 0 Å². The molecule has 0 radical (unpaired) electrons. The van der Waals surface area contributed by atoms with E-state index in [1.807, 2.05) is 13.8 Å². The molecule has 0 bridgehead atoms. The van der Waals surface area contributed by atoms with Crippen LogP contribution in [0.1, 0.15) is 19.4 Å². The van der Waals surface area contributed by atoms with Gasteiger partial charge in [-0.1, -0.05) is 62.8 Å². The molecule has 0 N–H and O–H groups in total. The van der Waals surface area contributed by atoms with Crippen LogP contribution in [0.25, 0.3) is 0 Å². The van der Waals surface area contributed by atoms with Gasteiger partial charge in [0.2, 0.25) is 0 Å². The smallest absolute Gasteiger partial charge is 0.0819 e. The van der Waals surface area contributed by atoms with Crippen LogP contribution in [-0.2, 0) is 0 Å². The van der Waals surface area contributed by atoms with Crippen molar-refractivity contribution in [3.63, 3.8) is 0 Å². The molecule has 0 atom stereocenters. The maximum absolute atomic E-state index is 2.21. The Labute approximate surface area is 77.1 Å². The molecule has 66 valence electrons. The molecule has 0 aliphatic rings. The van der Waals surface area contributed by atoms with Crippen LogP contribution in [0.2, 0.25) is 13.6 Å². The van der Waals surface area contributed by atoms with E-state index in [0.29, 0.717) is 6.71 Å². The fourth-order valence-corrected chi connectivity index (χ4v) is 0.951. The molecule has 0 nitrogen and oxygen atoms in total. The fraction of sp³-hybridized carbons (Fsp3) is 0.455. The van der Waals surface area contributed by atoms with E-state index in [0.717, 1.165) is 0 Å². The average Bonchev–Trinajstić information content (AvgIpc) is 2.09. The quantitative estimate of drug-likeness (QED) is 0.557. The topological polar surface area (TPSA) is 0 Å². The van der Waals surface area contributed by atoms with Gasteiger partial charge in [-0.05, 0) is 6.92 Å². The van der Waals surface area contributed by atoms with E-state index in [-0.39, 0.29) is 0 Å². The molecule has 0 saturated carbocycles. The summed E-state index contributed by atoms with van der Waals surface area (Å²) in [4.78, 5) is 0. The van der Waals surface area contributed by atoms with Crippen molar-refractivity contribution in [3.8, 4) is 0 Å². The summed E-state index contributed by atoms with van der Waals surface area (Å²) < 4.78 is 0. The Kier molecular flexibility index (Phi) is 5.52. The maximum atomic E-state index is 2.21. The monoisotopic (exact) mass is 162 g/mol. The number of benzene rings is 1. The number of hydrogen-bond acceptors (Lipinski definition) is 0. The average molecular weight is 162 g/mol. The summed E-state index contributed by atoms with van der Waals surface area (Å²) in [6, 6.07) is 8.71. The van der Waals surface area contributed by atoms with E-state index in [1.165, 1.54) is 11.0 Å². The lowest BCUT2D eigenvalue weighted by molar-refractivity contribution is 1.49. The summed E-state index contributed by atoms with van der Waals surface area (Å²) in [5, 5.41) is 0. The number of rotatable bonds is 1. The lowest BCUT2D eigenvalue weighted by Crippen LogP contribution is -2.21. The molecule has 0 aliphatic carbocycles. The van der Waals surface area contributed by atoms with Crippen LogP contribution >= 0.6 is 0 Å². The zero-order chi connectivity index (χ0) is 9.56. The summed E-state index contributed by atoms with van der Waals surface area (Å²) in [6.07, 6.45) is 0. The first-order chi connectivity index (χ1) is 5.70. The van der Waals surface area contributed by atoms with Crippen molar-refractivity contribution < 1.29 is 0 Å². The summed E-state index contributed by atoms with van der Waals surface area (Å²) in [5.74, 6) is 0. The second kappa shape index (κ2) is 5.88. The van der Waals surface area contributed by atoms with Gasteiger partial charge in [0.25, 0.3) is 0 Å². The summed E-state index contributed by atoms with van der Waals surface area (Å²) >= 11 is 0. The van der Waals surface area contributed by atoms with E-state index in [1.54, 1.807) is 0 Å². The molecule has 0 aromatic heterocycles. The highest BCUT2D eigenvalue weighted by atomic mass is 13.9. The van der Waals surface area contributed by atoms with E-state index < -0.39 is 0 Å². The molecular weight excluding hydrogens is 143 g/mol. The molecule has 0 unspecified atom stereocenters. The Morgan fingerprint density at radius 1 is 0.917 bits per heavy atom. The highest BCUT2D eigenvalue weighted by Crippen LogP contribution is 1.94. The molecule has 0 heterocycles. The molecule has 1 aromatic carbocycles. The molecule has 0 saturated heterocycles. The van der Waals surface area contributed by atoms with Crippen molar-refractivity contribution >= 4 is 12.2 Å². The van der Waals surface area contributed by atoms with Crippen LogP contribution in [0, 0.1) is 6.92 Å². The van der Waals surface area contributed by atoms with Crippen LogP contribution in [0.15, 0.2) is 24.3 Å². The van der Waals surface area contributed by atoms with Crippen LogP contribution in [-0.4, -0.2) is 6.71 Å². The van der Waals surface area contributed by atoms with E-state index in [9.17, 15) is 0 Å². The lowest BCUT2D eigenvalue weighted by Gasteiger charge is -2.00. The van der Waals surface area contributed by atoms with Gasteiger partial charge in [0.1, 0.15) is 0 Å². The van der Waals surface area contributed by atoms with Crippen molar-refractivity contribution in [1.82, 2.24) is 0 Å². The normalized spacial score (nSPS) is 8.42. The predicted molar refractivity (Wildman–Crippen MR) is 59.6 cm³/mol. The van der Waals surface area contributed by atoms with Crippen LogP contribution in [0.5, 0.6) is 0 Å². The van der Waals surface area contributed by atoms with E-state index in [2.05, 4.69) is 44.8 Å². The molecular formula is C11H19B. The van der Waals surface area contributed by atoms with E-state index >= 15 is 0 Å². The molecule has 1 rings (SSSR count). The number of aryl methyl sites for hydroxylation is 1. The van der Waals surface area contributed by atoms with Crippen molar-refractivity contribution in [2.24, 2.45) is 0 Å². The first-order valence-corrected chi connectivity index (χ1v) is 4.76. The van der Waals surface area contributed by atoms with Gasteiger partial charge in [0.05, 0.1) is 0 Å². The van der Waals surface area contributed by atoms with Gasteiger partial charge in [0.15, 0.2) is 6.71 Å². The Bertz CT molecular complexity index is 199. The van der Waals surface area contributed by atoms with Gasteiger partial charge >= 0.3 is 0 Å². The molecule has 0 amide bonds. The van der Waals surface area contributed by atoms with Crippen molar-refractivity contribution in [1.29, 1.82) is 0 Å². The third-order valence-corrected chi connectivity index (χ3v) is 1.74. The maximum Gasteiger partial charge on any atom is 0.169 e. The SMILES string of the molecule is CB(C)c1ccc(C)cc1.CC. The number of hydrogen-bond donors (Lipinski definition) is 0. The first-order valence-electron chi connectivity index (χ1n) is 4.76. The zero-order valence-corrected chi connectivity index (χ0v) is 8.89. The molecule has 0 fully saturated rings. The zero-order valence-electron chi connectivity index (χ0n) is 8.89. The highest BCUT2D eigenvalue weighted by molar-refractivity contribution is 6.70. The Balaban J connectivity index is 0.000000561. The molecule has 0 aliphatic heterocycles. The second-order valence-corrected chi connectivity index (χ2v) is 3.07. The minimum atomic E-state index is 0.653. The summed E-state index contributed by atoms with van der Waals surface area (Å²) in [7, 11) is 0. The van der Waals surface area contributed by atoms with Crippen molar-refractivity contribution in [3.05, 3.63) is 29.8 Å². The van der Waals surface area contributed by atoms with Crippen molar-refractivity contribution in [2.75, 3.05) is 0 Å². The summed E-state index contributed by atoms with van der Waals surface area (Å²) in [5.41, 5.74) is 2.76. The van der Waals surface area contributed by atoms with Crippen molar-refractivity contribution in [2.45, 2.75) is 34.4 Å². The lowest BCUT2D eigenvalue weighted by atomic mass is 9.49. The molecule has 12 heavy (non-hydrogen) atoms. The largest absolute Gasteiger partial charge is 0.169 e. The van der Waals surface area contributed by atoms with Crippen LogP contribution in [0.4, 0.5) is 0 Å². The Hall–Kier alpha value is -0.715. The van der Waals surface area contributed by atoms with Crippen LogP contribution in [0.3, 0.4) is 0 Å². The first kappa shape index (κ1) is 11.3. The third-order valence-electron chi connectivity index (χ3n) is 1.74. The molecule has 0 spiro atoms. The minimum Gasteiger partial charge on any atom is -0.0819 e. The van der Waals surface area contributed by atoms with Gasteiger partial charge < -0.3 is 0 Å². The second-order valence-electron chi connectivity index (χ2n) is 3.07. The minimum absolute atomic E-state index is 0.653. The van der Waals surface area contributed by atoms with Gasteiger partial charge in [-0.3, -0.25) is 0 Å². The molecule has 1 heteroatoms. The molecule has 1 aromatic rings. The predicted octanol–water partition coefficient (Wildman–Crippen LogP) is 2.98. The Morgan fingerprint density at radius 3 is 1.67 bits per heavy atom. The standard InChI is InChI=1S/C9H13B.C2H6/c1-8-4-6-9(7-5-8)10(2)3;1-2/h4-7H,1-3H3;1-2H3. The third kappa shape index (κ3) is 3.61. The highest BCUT2D eigenvalue weighted by Gasteiger charge is 1.99.